The van der Waals surface area contributed by atoms with Crippen molar-refractivity contribution in [2.24, 2.45) is 0 Å². The lowest BCUT2D eigenvalue weighted by molar-refractivity contribution is -0.121. The van der Waals surface area contributed by atoms with Crippen molar-refractivity contribution >= 4 is 17.2 Å². The standard InChI is InChI=1S/C17H28N2OS/c1-2-3-8-17(20)18-13-16(15-9-12-21-14-15)19-10-6-4-5-7-11-19/h9,12,14,16H,2-8,10-11,13H2,1H3,(H,18,20). The largest absolute Gasteiger partial charge is 0.354 e. The normalized spacial score (nSPS) is 18.1. The van der Waals surface area contributed by atoms with Crippen LogP contribution < -0.4 is 5.32 Å². The van der Waals surface area contributed by atoms with Gasteiger partial charge >= 0.3 is 0 Å². The number of nitrogens with one attached hydrogen (secondary N) is 1. The van der Waals surface area contributed by atoms with E-state index in [4.69, 9.17) is 0 Å². The second-order valence-electron chi connectivity index (χ2n) is 5.93. The SMILES string of the molecule is CCCCC(=O)NCC(c1ccsc1)N1CCCCCC1. The van der Waals surface area contributed by atoms with E-state index in [1.54, 1.807) is 11.3 Å². The predicted molar refractivity (Wildman–Crippen MR) is 89.6 cm³/mol. The zero-order valence-corrected chi connectivity index (χ0v) is 14.0. The number of thiophene rings is 1. The van der Waals surface area contributed by atoms with E-state index in [1.165, 1.54) is 31.2 Å². The first-order valence-electron chi connectivity index (χ1n) is 8.34. The minimum atomic E-state index is 0.201. The lowest BCUT2D eigenvalue weighted by atomic mass is 10.1. The van der Waals surface area contributed by atoms with Crippen LogP contribution in [-0.2, 0) is 4.79 Å². The van der Waals surface area contributed by atoms with Crippen molar-refractivity contribution in [1.29, 1.82) is 0 Å². The Kier molecular flexibility index (Phi) is 7.24. The summed E-state index contributed by atoms with van der Waals surface area (Å²) in [5.41, 5.74) is 1.36. The van der Waals surface area contributed by atoms with Crippen LogP contribution in [0.5, 0.6) is 0 Å². The van der Waals surface area contributed by atoms with Crippen molar-refractivity contribution in [3.05, 3.63) is 22.4 Å². The zero-order chi connectivity index (χ0) is 14.9. The Balaban J connectivity index is 1.94. The molecule has 1 saturated heterocycles. The van der Waals surface area contributed by atoms with Gasteiger partial charge in [0.25, 0.3) is 0 Å². The van der Waals surface area contributed by atoms with Crippen molar-refractivity contribution in [1.82, 2.24) is 10.2 Å². The average molecular weight is 308 g/mol. The Bertz CT molecular complexity index is 397. The van der Waals surface area contributed by atoms with E-state index in [1.807, 2.05) is 0 Å². The molecule has 2 rings (SSSR count). The van der Waals surface area contributed by atoms with Gasteiger partial charge in [-0.3, -0.25) is 9.69 Å². The van der Waals surface area contributed by atoms with Gasteiger partial charge < -0.3 is 5.32 Å². The van der Waals surface area contributed by atoms with E-state index in [0.29, 0.717) is 12.5 Å². The van der Waals surface area contributed by atoms with Crippen molar-refractivity contribution in [3.63, 3.8) is 0 Å². The molecule has 0 spiro atoms. The van der Waals surface area contributed by atoms with Crippen LogP contribution >= 0.6 is 11.3 Å². The molecule has 4 heteroatoms. The Hall–Kier alpha value is -0.870. The van der Waals surface area contributed by atoms with Crippen LogP contribution in [0.1, 0.15) is 63.5 Å². The molecule has 3 nitrogen and oxygen atoms in total. The molecule has 0 aromatic carbocycles. The fraction of sp³-hybridized carbons (Fsp3) is 0.706. The topological polar surface area (TPSA) is 32.3 Å². The summed E-state index contributed by atoms with van der Waals surface area (Å²) in [4.78, 5) is 14.5. The molecular formula is C17H28N2OS. The Morgan fingerprint density at radius 3 is 2.71 bits per heavy atom. The van der Waals surface area contributed by atoms with Crippen LogP contribution in [-0.4, -0.2) is 30.4 Å². The first-order chi connectivity index (χ1) is 10.3. The number of carbonyl (C=O) groups excluding carboxylic acids is 1. The zero-order valence-electron chi connectivity index (χ0n) is 13.1. The van der Waals surface area contributed by atoms with Gasteiger partial charge in [0.05, 0.1) is 6.04 Å². The molecule has 2 heterocycles. The van der Waals surface area contributed by atoms with Crippen LogP contribution in [0.15, 0.2) is 16.8 Å². The highest BCUT2D eigenvalue weighted by Gasteiger charge is 2.22. The Morgan fingerprint density at radius 1 is 1.33 bits per heavy atom. The van der Waals surface area contributed by atoms with Crippen LogP contribution in [0.3, 0.4) is 0 Å². The first-order valence-corrected chi connectivity index (χ1v) is 9.28. The highest BCUT2D eigenvalue weighted by atomic mass is 32.1. The number of hydrogen-bond acceptors (Lipinski definition) is 3. The molecule has 1 aromatic rings. The van der Waals surface area contributed by atoms with Crippen LogP contribution in [0.2, 0.25) is 0 Å². The summed E-state index contributed by atoms with van der Waals surface area (Å²) in [5.74, 6) is 0.201. The lowest BCUT2D eigenvalue weighted by Gasteiger charge is -2.30. The van der Waals surface area contributed by atoms with Gasteiger partial charge in [0.2, 0.25) is 5.91 Å². The molecule has 0 bridgehead atoms. The monoisotopic (exact) mass is 308 g/mol. The summed E-state index contributed by atoms with van der Waals surface area (Å²) in [6.45, 7) is 5.19. The Labute approximate surface area is 132 Å². The summed E-state index contributed by atoms with van der Waals surface area (Å²) in [6.07, 6.45) is 7.97. The van der Waals surface area contributed by atoms with Gasteiger partial charge in [-0.05, 0) is 54.7 Å². The van der Waals surface area contributed by atoms with Crippen LogP contribution in [0.25, 0.3) is 0 Å². The van der Waals surface area contributed by atoms with Crippen molar-refractivity contribution in [2.75, 3.05) is 19.6 Å². The molecule has 1 amide bonds. The van der Waals surface area contributed by atoms with E-state index < -0.39 is 0 Å². The number of rotatable bonds is 7. The van der Waals surface area contributed by atoms with Crippen molar-refractivity contribution < 1.29 is 4.79 Å². The number of likely N-dealkylation sites (tertiary alicyclic amines) is 1. The highest BCUT2D eigenvalue weighted by molar-refractivity contribution is 7.07. The summed E-state index contributed by atoms with van der Waals surface area (Å²) in [5, 5.41) is 7.52. The second-order valence-corrected chi connectivity index (χ2v) is 6.71. The molecule has 1 unspecified atom stereocenters. The second kappa shape index (κ2) is 9.21. The van der Waals surface area contributed by atoms with Gasteiger partial charge in [0, 0.05) is 13.0 Å². The molecule has 0 saturated carbocycles. The maximum absolute atomic E-state index is 11.9. The highest BCUT2D eigenvalue weighted by Crippen LogP contribution is 2.25. The predicted octanol–water partition coefficient (Wildman–Crippen LogP) is 3.97. The smallest absolute Gasteiger partial charge is 0.220 e. The van der Waals surface area contributed by atoms with Crippen molar-refractivity contribution in [2.45, 2.75) is 57.9 Å². The number of unbranched alkanes of at least 4 members (excludes halogenated alkanes) is 1. The third-order valence-electron chi connectivity index (χ3n) is 4.26. The molecule has 1 atom stereocenters. The Morgan fingerprint density at radius 2 is 2.10 bits per heavy atom. The summed E-state index contributed by atoms with van der Waals surface area (Å²) in [6, 6.07) is 2.55. The van der Waals surface area contributed by atoms with E-state index in [9.17, 15) is 4.79 Å². The molecule has 1 fully saturated rings. The summed E-state index contributed by atoms with van der Waals surface area (Å²) in [7, 11) is 0. The third-order valence-corrected chi connectivity index (χ3v) is 4.96. The average Bonchev–Trinajstić information content (AvgIpc) is 2.88. The minimum Gasteiger partial charge on any atom is -0.354 e. The quantitative estimate of drug-likeness (QED) is 0.826. The minimum absolute atomic E-state index is 0.201. The number of hydrogen-bond donors (Lipinski definition) is 1. The third kappa shape index (κ3) is 5.44. The fourth-order valence-electron chi connectivity index (χ4n) is 2.97. The van der Waals surface area contributed by atoms with Crippen LogP contribution in [0, 0.1) is 0 Å². The van der Waals surface area contributed by atoms with Gasteiger partial charge in [-0.1, -0.05) is 26.2 Å². The number of nitrogens with zero attached hydrogens (tertiary/aromatic N) is 1. The van der Waals surface area contributed by atoms with E-state index in [-0.39, 0.29) is 5.91 Å². The summed E-state index contributed by atoms with van der Waals surface area (Å²) < 4.78 is 0. The van der Waals surface area contributed by atoms with E-state index >= 15 is 0 Å². The molecule has 21 heavy (non-hydrogen) atoms. The van der Waals surface area contributed by atoms with Gasteiger partial charge in [0.15, 0.2) is 0 Å². The molecule has 0 aliphatic carbocycles. The van der Waals surface area contributed by atoms with Gasteiger partial charge in [-0.15, -0.1) is 0 Å². The van der Waals surface area contributed by atoms with E-state index in [0.717, 1.165) is 32.5 Å². The van der Waals surface area contributed by atoms with Gasteiger partial charge in [-0.2, -0.15) is 11.3 Å². The molecule has 1 aromatic heterocycles. The number of amides is 1. The first kappa shape index (κ1) is 16.5. The molecule has 1 aliphatic heterocycles. The number of carbonyl (C=O) groups is 1. The molecular weight excluding hydrogens is 280 g/mol. The van der Waals surface area contributed by atoms with E-state index in [2.05, 4.69) is 34.0 Å². The molecule has 0 radical (unpaired) electrons. The van der Waals surface area contributed by atoms with Crippen molar-refractivity contribution in [3.8, 4) is 0 Å². The van der Waals surface area contributed by atoms with Gasteiger partial charge in [0.1, 0.15) is 0 Å². The maximum Gasteiger partial charge on any atom is 0.220 e. The lowest BCUT2D eigenvalue weighted by Crippen LogP contribution is -2.38. The van der Waals surface area contributed by atoms with Gasteiger partial charge in [-0.25, -0.2) is 0 Å². The maximum atomic E-state index is 11.9. The molecule has 1 aliphatic rings. The summed E-state index contributed by atoms with van der Waals surface area (Å²) >= 11 is 1.75. The molecule has 1 N–H and O–H groups in total. The molecule has 118 valence electrons. The van der Waals surface area contributed by atoms with Crippen LogP contribution in [0.4, 0.5) is 0 Å². The fourth-order valence-corrected chi connectivity index (χ4v) is 3.67.